The lowest BCUT2D eigenvalue weighted by atomic mass is 10.1. The van der Waals surface area contributed by atoms with Crippen molar-refractivity contribution >= 4 is 16.7 Å². The Morgan fingerprint density at radius 1 is 0.923 bits per heavy atom. The molecule has 3 aromatic heterocycles. The number of hydrogen-bond acceptors (Lipinski definition) is 4. The molecule has 5 rings (SSSR count). The van der Waals surface area contributed by atoms with E-state index in [1.54, 1.807) is 0 Å². The third-order valence-corrected chi connectivity index (χ3v) is 4.47. The Morgan fingerprint density at radius 3 is 2.58 bits per heavy atom. The third-order valence-electron chi connectivity index (χ3n) is 4.47. The first-order chi connectivity index (χ1) is 12.7. The molecule has 7 heteroatoms. The van der Waals surface area contributed by atoms with Gasteiger partial charge in [0.1, 0.15) is 11.0 Å². The molecule has 3 heterocycles. The number of aromatic nitrogens is 6. The highest BCUT2D eigenvalue weighted by atomic mass is 16.1. The highest BCUT2D eigenvalue weighted by Crippen LogP contribution is 2.28. The zero-order valence-corrected chi connectivity index (χ0v) is 13.9. The summed E-state index contributed by atoms with van der Waals surface area (Å²) in [7, 11) is 0. The lowest BCUT2D eigenvalue weighted by Crippen LogP contribution is -2.14. The second kappa shape index (κ2) is 5.38. The first-order valence-electron chi connectivity index (χ1n) is 8.19. The number of fused-ring (bicyclic) bond motifs is 2. The molecule has 0 fully saturated rings. The Labute approximate surface area is 147 Å². The molecule has 0 aliphatic carbocycles. The second-order valence-electron chi connectivity index (χ2n) is 6.14. The minimum Gasteiger partial charge on any atom is -0.293 e. The van der Waals surface area contributed by atoms with E-state index < -0.39 is 0 Å². The van der Waals surface area contributed by atoms with Crippen LogP contribution in [0.4, 0.5) is 0 Å². The van der Waals surface area contributed by atoms with E-state index in [2.05, 4.69) is 20.5 Å². The van der Waals surface area contributed by atoms with Gasteiger partial charge in [-0.1, -0.05) is 36.4 Å². The summed E-state index contributed by atoms with van der Waals surface area (Å²) < 4.78 is 1.48. The molecule has 2 aromatic carbocycles. The number of hydrogen-bond donors (Lipinski definition) is 2. The van der Waals surface area contributed by atoms with Gasteiger partial charge in [0, 0.05) is 22.9 Å². The fourth-order valence-corrected chi connectivity index (χ4v) is 3.25. The lowest BCUT2D eigenvalue weighted by Gasteiger charge is -2.03. The molecule has 2 N–H and O–H groups in total. The van der Waals surface area contributed by atoms with Crippen molar-refractivity contribution in [2.24, 2.45) is 0 Å². The Kier molecular flexibility index (Phi) is 3.02. The number of nitrogens with one attached hydrogen (secondary N) is 2. The van der Waals surface area contributed by atoms with Crippen LogP contribution in [0.5, 0.6) is 0 Å². The summed E-state index contributed by atoms with van der Waals surface area (Å²) in [5, 5.41) is 13.9. The summed E-state index contributed by atoms with van der Waals surface area (Å²) >= 11 is 0. The molecule has 0 saturated heterocycles. The van der Waals surface area contributed by atoms with Gasteiger partial charge in [-0.25, -0.2) is 9.50 Å². The lowest BCUT2D eigenvalue weighted by molar-refractivity contribution is 0.882. The van der Waals surface area contributed by atoms with Crippen molar-refractivity contribution in [2.45, 2.75) is 6.92 Å². The highest BCUT2D eigenvalue weighted by Gasteiger charge is 2.15. The van der Waals surface area contributed by atoms with Crippen molar-refractivity contribution in [3.63, 3.8) is 0 Å². The van der Waals surface area contributed by atoms with Crippen molar-refractivity contribution in [3.8, 4) is 22.4 Å². The molecule has 0 radical (unpaired) electrons. The van der Waals surface area contributed by atoms with Crippen LogP contribution >= 0.6 is 0 Å². The summed E-state index contributed by atoms with van der Waals surface area (Å²) in [6, 6.07) is 17.1. The first kappa shape index (κ1) is 14.6. The van der Waals surface area contributed by atoms with Crippen LogP contribution in [0.15, 0.2) is 59.4 Å². The average Bonchev–Trinajstić information content (AvgIpc) is 3.25. The van der Waals surface area contributed by atoms with Crippen LogP contribution in [0.1, 0.15) is 5.69 Å². The smallest absolute Gasteiger partial charge is 0.273 e. The molecule has 0 aliphatic heterocycles. The standard InChI is InChI=1S/C19H14N6O/c1-11-18(12-5-3-2-4-6-12)19-20-15(10-17(26)25(19)23-11)13-7-8-14-16(9-13)22-24-21-14/h2-10,23H,1H3,(H,21,22,24). The predicted octanol–water partition coefficient (Wildman–Crippen LogP) is 2.94. The molecule has 0 amide bonds. The van der Waals surface area contributed by atoms with Crippen LogP contribution < -0.4 is 5.56 Å². The van der Waals surface area contributed by atoms with E-state index in [9.17, 15) is 4.79 Å². The van der Waals surface area contributed by atoms with E-state index in [0.29, 0.717) is 11.3 Å². The quantitative estimate of drug-likeness (QED) is 0.516. The maximum absolute atomic E-state index is 12.6. The fourth-order valence-electron chi connectivity index (χ4n) is 3.25. The fraction of sp³-hybridized carbons (Fsp3) is 0.0526. The van der Waals surface area contributed by atoms with Crippen LogP contribution in [0.2, 0.25) is 0 Å². The SMILES string of the molecule is Cc1[nH]n2c(=O)cc(-c3ccc4n[nH]nc4c3)nc2c1-c1ccccc1. The van der Waals surface area contributed by atoms with Gasteiger partial charge in [-0.05, 0) is 24.6 Å². The number of rotatable bonds is 2. The average molecular weight is 342 g/mol. The molecule has 0 saturated carbocycles. The van der Waals surface area contributed by atoms with E-state index in [0.717, 1.165) is 33.4 Å². The Bertz CT molecular complexity index is 1310. The summed E-state index contributed by atoms with van der Waals surface area (Å²) in [6.45, 7) is 1.94. The Morgan fingerprint density at radius 2 is 1.73 bits per heavy atom. The minimum absolute atomic E-state index is 0.157. The van der Waals surface area contributed by atoms with Gasteiger partial charge >= 0.3 is 0 Å². The minimum atomic E-state index is -0.157. The van der Waals surface area contributed by atoms with Gasteiger partial charge in [0.05, 0.1) is 5.69 Å². The normalized spacial score (nSPS) is 11.4. The number of aromatic amines is 2. The molecule has 5 aromatic rings. The van der Waals surface area contributed by atoms with E-state index in [-0.39, 0.29) is 5.56 Å². The third kappa shape index (κ3) is 2.14. The van der Waals surface area contributed by atoms with Gasteiger partial charge in [-0.15, -0.1) is 0 Å². The molecule has 0 atom stereocenters. The van der Waals surface area contributed by atoms with Gasteiger partial charge in [0.2, 0.25) is 0 Å². The van der Waals surface area contributed by atoms with Gasteiger partial charge in [-0.3, -0.25) is 9.89 Å². The molecular formula is C19H14N6O. The van der Waals surface area contributed by atoms with Crippen LogP contribution in [-0.2, 0) is 0 Å². The van der Waals surface area contributed by atoms with E-state index >= 15 is 0 Å². The summed E-state index contributed by atoms with van der Waals surface area (Å²) in [5.74, 6) is 0. The monoisotopic (exact) mass is 342 g/mol. The summed E-state index contributed by atoms with van der Waals surface area (Å²) in [5.41, 5.74) is 6.22. The molecule has 26 heavy (non-hydrogen) atoms. The molecule has 0 spiro atoms. The maximum atomic E-state index is 12.6. The van der Waals surface area contributed by atoms with E-state index in [4.69, 9.17) is 4.98 Å². The van der Waals surface area contributed by atoms with E-state index in [1.807, 2.05) is 55.5 Å². The molecule has 0 unspecified atom stereocenters. The number of benzene rings is 2. The molecular weight excluding hydrogens is 328 g/mol. The van der Waals surface area contributed by atoms with Crippen LogP contribution in [0.3, 0.4) is 0 Å². The zero-order valence-electron chi connectivity index (χ0n) is 13.9. The highest BCUT2D eigenvalue weighted by molar-refractivity contribution is 5.83. The predicted molar refractivity (Wildman–Crippen MR) is 98.9 cm³/mol. The van der Waals surface area contributed by atoms with Gasteiger partial charge in [0.25, 0.3) is 5.56 Å². The molecule has 0 aliphatic rings. The maximum Gasteiger partial charge on any atom is 0.273 e. The first-order valence-corrected chi connectivity index (χ1v) is 8.19. The summed E-state index contributed by atoms with van der Waals surface area (Å²) in [6.07, 6.45) is 0. The van der Waals surface area contributed by atoms with Gasteiger partial charge < -0.3 is 0 Å². The van der Waals surface area contributed by atoms with Crippen molar-refractivity contribution in [1.29, 1.82) is 0 Å². The van der Waals surface area contributed by atoms with Crippen LogP contribution in [0, 0.1) is 6.92 Å². The zero-order chi connectivity index (χ0) is 17.7. The molecule has 7 nitrogen and oxygen atoms in total. The molecule has 126 valence electrons. The van der Waals surface area contributed by atoms with Gasteiger partial charge in [-0.2, -0.15) is 15.4 Å². The topological polar surface area (TPSA) is 91.7 Å². The van der Waals surface area contributed by atoms with Crippen molar-refractivity contribution < 1.29 is 0 Å². The van der Waals surface area contributed by atoms with Gasteiger partial charge in [0.15, 0.2) is 5.65 Å². The second-order valence-corrected chi connectivity index (χ2v) is 6.14. The Hall–Kier alpha value is -3.74. The number of H-pyrrole nitrogens is 2. The summed E-state index contributed by atoms with van der Waals surface area (Å²) in [4.78, 5) is 17.4. The van der Waals surface area contributed by atoms with Crippen molar-refractivity contribution in [3.05, 3.63) is 70.6 Å². The van der Waals surface area contributed by atoms with Crippen LogP contribution in [0.25, 0.3) is 39.1 Å². The number of nitrogens with zero attached hydrogens (tertiary/aromatic N) is 4. The number of aryl methyl sites for hydroxylation is 1. The van der Waals surface area contributed by atoms with Crippen LogP contribution in [-0.4, -0.2) is 30.0 Å². The molecule has 0 bridgehead atoms. The van der Waals surface area contributed by atoms with Crippen molar-refractivity contribution in [2.75, 3.05) is 0 Å². The largest absolute Gasteiger partial charge is 0.293 e. The Balaban J connectivity index is 1.79. The van der Waals surface area contributed by atoms with E-state index in [1.165, 1.54) is 10.6 Å². The van der Waals surface area contributed by atoms with Crippen molar-refractivity contribution in [1.82, 2.24) is 30.0 Å².